The number of hydrogen-bond donors (Lipinski definition) is 1. The molecule has 0 bridgehead atoms. The highest BCUT2D eigenvalue weighted by atomic mass is 19.3. The van der Waals surface area contributed by atoms with Crippen molar-refractivity contribution in [2.75, 3.05) is 0 Å². The van der Waals surface area contributed by atoms with Crippen LogP contribution in [0, 0.1) is 6.92 Å². The number of carboxylic acids is 1. The molecule has 1 aromatic heterocycles. The van der Waals surface area contributed by atoms with Crippen LogP contribution in [0.5, 0.6) is 0 Å². The Morgan fingerprint density at radius 3 is 2.77 bits per heavy atom. The minimum Gasteiger partial charge on any atom is -0.477 e. The Balaban J connectivity index is 2.80. The Morgan fingerprint density at radius 2 is 2.38 bits per heavy atom. The lowest BCUT2D eigenvalue weighted by atomic mass is 10.1. The van der Waals surface area contributed by atoms with Crippen LogP contribution in [-0.2, 0) is 11.2 Å². The average molecular weight is 191 g/mol. The predicted molar refractivity (Wildman–Crippen MR) is 37.5 cm³/mol. The van der Waals surface area contributed by atoms with Crippen LogP contribution in [0.15, 0.2) is 10.7 Å². The quantitative estimate of drug-likeness (QED) is 0.780. The topological polar surface area (TPSA) is 63.3 Å². The number of halogens is 2. The van der Waals surface area contributed by atoms with E-state index in [1.807, 2.05) is 0 Å². The summed E-state index contributed by atoms with van der Waals surface area (Å²) in [5, 5.41) is 11.4. The first-order valence-corrected chi connectivity index (χ1v) is 3.45. The molecule has 0 saturated heterocycles. The maximum atomic E-state index is 12.6. The van der Waals surface area contributed by atoms with Gasteiger partial charge in [0, 0.05) is 5.56 Å². The number of rotatable bonds is 3. The van der Waals surface area contributed by atoms with Gasteiger partial charge in [0.2, 0.25) is 0 Å². The number of nitrogens with zero attached hydrogens (tertiary/aromatic N) is 1. The van der Waals surface area contributed by atoms with Crippen LogP contribution in [0.4, 0.5) is 8.78 Å². The van der Waals surface area contributed by atoms with Crippen molar-refractivity contribution in [1.29, 1.82) is 0 Å². The first-order chi connectivity index (χ1) is 5.93. The van der Waals surface area contributed by atoms with Crippen LogP contribution in [0.1, 0.15) is 11.3 Å². The summed E-state index contributed by atoms with van der Waals surface area (Å²) in [6.07, 6.45) is 0.198. The van der Waals surface area contributed by atoms with E-state index in [2.05, 4.69) is 9.68 Å². The van der Waals surface area contributed by atoms with Gasteiger partial charge in [-0.1, -0.05) is 5.16 Å². The lowest BCUT2D eigenvalue weighted by molar-refractivity contribution is -0.164. The van der Waals surface area contributed by atoms with Crippen LogP contribution in [-0.4, -0.2) is 22.2 Å². The summed E-state index contributed by atoms with van der Waals surface area (Å²) in [5.74, 6) is -5.70. The van der Waals surface area contributed by atoms with Crippen LogP contribution in [0.25, 0.3) is 0 Å². The summed E-state index contributed by atoms with van der Waals surface area (Å²) >= 11 is 0. The molecule has 0 aliphatic carbocycles. The van der Waals surface area contributed by atoms with Crippen molar-refractivity contribution < 1.29 is 23.2 Å². The van der Waals surface area contributed by atoms with E-state index >= 15 is 0 Å². The van der Waals surface area contributed by atoms with Gasteiger partial charge >= 0.3 is 11.9 Å². The zero-order valence-corrected chi connectivity index (χ0v) is 6.75. The van der Waals surface area contributed by atoms with Crippen LogP contribution >= 0.6 is 0 Å². The third kappa shape index (κ3) is 2.01. The number of aromatic nitrogens is 1. The van der Waals surface area contributed by atoms with Crippen molar-refractivity contribution in [3.8, 4) is 0 Å². The lowest BCUT2D eigenvalue weighted by Crippen LogP contribution is -2.30. The normalized spacial score (nSPS) is 11.6. The molecule has 1 rings (SSSR count). The van der Waals surface area contributed by atoms with Crippen molar-refractivity contribution >= 4 is 5.97 Å². The molecule has 0 atom stereocenters. The summed E-state index contributed by atoms with van der Waals surface area (Å²) < 4.78 is 29.8. The monoisotopic (exact) mass is 191 g/mol. The van der Waals surface area contributed by atoms with E-state index < -0.39 is 18.3 Å². The molecule has 1 heterocycles. The first kappa shape index (κ1) is 9.63. The van der Waals surface area contributed by atoms with Crippen molar-refractivity contribution in [2.45, 2.75) is 19.3 Å². The number of carbonyl (C=O) groups is 1. The van der Waals surface area contributed by atoms with Crippen LogP contribution < -0.4 is 0 Å². The fourth-order valence-corrected chi connectivity index (χ4v) is 0.803. The second-order valence-corrected chi connectivity index (χ2v) is 2.59. The van der Waals surface area contributed by atoms with E-state index in [4.69, 9.17) is 5.11 Å². The molecule has 0 aromatic carbocycles. The van der Waals surface area contributed by atoms with Crippen molar-refractivity contribution in [3.63, 3.8) is 0 Å². The Hall–Kier alpha value is -1.46. The fourth-order valence-electron chi connectivity index (χ4n) is 0.803. The molecule has 6 heteroatoms. The van der Waals surface area contributed by atoms with Gasteiger partial charge in [-0.05, 0) is 6.92 Å². The second kappa shape index (κ2) is 3.12. The SMILES string of the molecule is Cc1oncc1CC(F)(F)C(=O)O. The number of carboxylic acid groups (broad SMARTS) is 1. The minimum atomic E-state index is -3.77. The second-order valence-electron chi connectivity index (χ2n) is 2.59. The van der Waals surface area contributed by atoms with Gasteiger partial charge in [0.05, 0.1) is 12.6 Å². The molecule has 0 unspecified atom stereocenters. The number of aryl methyl sites for hydroxylation is 1. The van der Waals surface area contributed by atoms with Gasteiger partial charge in [-0.3, -0.25) is 0 Å². The molecular formula is C7H7F2NO3. The van der Waals surface area contributed by atoms with Gasteiger partial charge < -0.3 is 9.63 Å². The highest BCUT2D eigenvalue weighted by Gasteiger charge is 2.39. The van der Waals surface area contributed by atoms with Gasteiger partial charge in [-0.25, -0.2) is 4.79 Å². The van der Waals surface area contributed by atoms with E-state index in [9.17, 15) is 13.6 Å². The highest BCUT2D eigenvalue weighted by Crippen LogP contribution is 2.21. The third-order valence-corrected chi connectivity index (χ3v) is 1.58. The molecule has 0 amide bonds. The van der Waals surface area contributed by atoms with Crippen molar-refractivity contribution in [3.05, 3.63) is 17.5 Å². The third-order valence-electron chi connectivity index (χ3n) is 1.58. The van der Waals surface area contributed by atoms with Gasteiger partial charge in [0.15, 0.2) is 0 Å². The van der Waals surface area contributed by atoms with Gasteiger partial charge in [-0.15, -0.1) is 0 Å². The molecule has 13 heavy (non-hydrogen) atoms. The Kier molecular flexibility index (Phi) is 2.31. The summed E-state index contributed by atoms with van der Waals surface area (Å²) in [7, 11) is 0. The Morgan fingerprint density at radius 1 is 1.77 bits per heavy atom. The number of hydrogen-bond acceptors (Lipinski definition) is 3. The summed E-state index contributed by atoms with van der Waals surface area (Å²) in [5.41, 5.74) is 0.104. The Bertz CT molecular complexity index is 321. The maximum absolute atomic E-state index is 12.6. The zero-order valence-electron chi connectivity index (χ0n) is 6.75. The van der Waals surface area contributed by atoms with E-state index in [0.717, 1.165) is 6.20 Å². The minimum absolute atomic E-state index is 0.104. The van der Waals surface area contributed by atoms with Crippen LogP contribution in [0.2, 0.25) is 0 Å². The van der Waals surface area contributed by atoms with Crippen LogP contribution in [0.3, 0.4) is 0 Å². The molecule has 4 nitrogen and oxygen atoms in total. The summed E-state index contributed by atoms with van der Waals surface area (Å²) in [6.45, 7) is 1.44. The largest absolute Gasteiger partial charge is 0.477 e. The lowest BCUT2D eigenvalue weighted by Gasteiger charge is -2.08. The van der Waals surface area contributed by atoms with Crippen molar-refractivity contribution in [1.82, 2.24) is 5.16 Å². The molecular weight excluding hydrogens is 184 g/mol. The molecule has 0 saturated carbocycles. The highest BCUT2D eigenvalue weighted by molar-refractivity contribution is 5.75. The number of aliphatic carboxylic acids is 1. The Labute approximate surface area is 72.1 Å². The standard InChI is InChI=1S/C7H7F2NO3/c1-4-5(3-10-13-4)2-7(8,9)6(11)12/h3H,2H2,1H3,(H,11,12). The van der Waals surface area contributed by atoms with E-state index in [-0.39, 0.29) is 11.3 Å². The van der Waals surface area contributed by atoms with Gasteiger partial charge in [0.1, 0.15) is 5.76 Å². The predicted octanol–water partition coefficient (Wildman–Crippen LogP) is 1.25. The van der Waals surface area contributed by atoms with Crippen molar-refractivity contribution in [2.24, 2.45) is 0 Å². The molecule has 0 radical (unpaired) electrons. The summed E-state index contributed by atoms with van der Waals surface area (Å²) in [4.78, 5) is 10.1. The van der Waals surface area contributed by atoms with Gasteiger partial charge in [0.25, 0.3) is 0 Å². The number of alkyl halides is 2. The molecule has 0 spiro atoms. The smallest absolute Gasteiger partial charge is 0.374 e. The van der Waals surface area contributed by atoms with E-state index in [1.54, 1.807) is 0 Å². The fraction of sp³-hybridized carbons (Fsp3) is 0.429. The average Bonchev–Trinajstić information content (AvgIpc) is 2.35. The molecule has 1 aromatic rings. The van der Waals surface area contributed by atoms with Gasteiger partial charge in [-0.2, -0.15) is 8.78 Å². The molecule has 0 fully saturated rings. The zero-order chi connectivity index (χ0) is 10.1. The molecule has 72 valence electrons. The molecule has 0 aliphatic heterocycles. The first-order valence-electron chi connectivity index (χ1n) is 3.45. The van der Waals surface area contributed by atoms with E-state index in [0.29, 0.717) is 0 Å². The molecule has 0 aliphatic rings. The maximum Gasteiger partial charge on any atom is 0.374 e. The summed E-state index contributed by atoms with van der Waals surface area (Å²) in [6, 6.07) is 0. The molecule has 1 N–H and O–H groups in total. The van der Waals surface area contributed by atoms with E-state index in [1.165, 1.54) is 6.92 Å².